The van der Waals surface area contributed by atoms with E-state index in [0.717, 1.165) is 0 Å². The van der Waals surface area contributed by atoms with Crippen LogP contribution in [0.3, 0.4) is 0 Å². The van der Waals surface area contributed by atoms with Gasteiger partial charge in [-0.2, -0.15) is 0 Å². The minimum absolute atomic E-state index is 0.180. The minimum atomic E-state index is 0.180. The van der Waals surface area contributed by atoms with Crippen LogP contribution >= 0.6 is 11.6 Å². The molecule has 0 unspecified atom stereocenters. The number of hydrogen-bond donors (Lipinski definition) is 0. The van der Waals surface area contributed by atoms with Gasteiger partial charge in [-0.1, -0.05) is 16.7 Å². The second kappa shape index (κ2) is 4.32. The van der Waals surface area contributed by atoms with E-state index in [-0.39, 0.29) is 11.8 Å². The Morgan fingerprint density at radius 2 is 2.00 bits per heavy atom. The summed E-state index contributed by atoms with van der Waals surface area (Å²) in [6.45, 7) is 0. The molecule has 0 N–H and O–H groups in total. The number of benzene rings is 1. The Kier molecular flexibility index (Phi) is 2.87. The molecule has 2 aromatic rings. The average molecular weight is 238 g/mol. The van der Waals surface area contributed by atoms with Crippen LogP contribution < -0.4 is 4.74 Å². The number of methoxy groups -OCH3 is 1. The second-order valence-corrected chi connectivity index (χ2v) is 3.41. The first-order chi connectivity index (χ1) is 7.76. The molecular formula is C10H8ClN3O2. The molecule has 1 heterocycles. The number of carbonyl (C=O) groups is 1. The summed E-state index contributed by atoms with van der Waals surface area (Å²) in [5.41, 5.74) is 0.716. The van der Waals surface area contributed by atoms with Gasteiger partial charge < -0.3 is 4.74 Å². The van der Waals surface area contributed by atoms with Crippen LogP contribution in [0.1, 0.15) is 10.6 Å². The van der Waals surface area contributed by atoms with Crippen LogP contribution in [0.2, 0.25) is 5.02 Å². The molecule has 6 heteroatoms. The highest BCUT2D eigenvalue weighted by atomic mass is 35.5. The van der Waals surface area contributed by atoms with Crippen molar-refractivity contribution >= 4 is 17.9 Å². The summed E-state index contributed by atoms with van der Waals surface area (Å²) in [5, 5.41) is 8.04. The summed E-state index contributed by atoms with van der Waals surface area (Å²) in [7, 11) is 1.46. The third kappa shape index (κ3) is 1.77. The number of halogens is 1. The number of aldehydes is 1. The van der Waals surface area contributed by atoms with E-state index in [1.165, 1.54) is 11.7 Å². The fraction of sp³-hybridized carbons (Fsp3) is 0.100. The van der Waals surface area contributed by atoms with Gasteiger partial charge in [-0.15, -0.1) is 5.10 Å². The summed E-state index contributed by atoms with van der Waals surface area (Å²) < 4.78 is 6.51. The molecule has 0 bridgehead atoms. The number of aromatic nitrogens is 3. The fourth-order valence-electron chi connectivity index (χ4n) is 1.32. The molecule has 0 amide bonds. The molecule has 16 heavy (non-hydrogen) atoms. The van der Waals surface area contributed by atoms with Crippen LogP contribution in [0, 0.1) is 0 Å². The van der Waals surface area contributed by atoms with Gasteiger partial charge >= 0.3 is 6.01 Å². The van der Waals surface area contributed by atoms with Gasteiger partial charge in [0, 0.05) is 5.02 Å². The van der Waals surface area contributed by atoms with Crippen LogP contribution in [0.5, 0.6) is 6.01 Å². The molecule has 0 aliphatic heterocycles. The summed E-state index contributed by atoms with van der Waals surface area (Å²) in [4.78, 5) is 10.8. The van der Waals surface area contributed by atoms with E-state index < -0.39 is 0 Å². The predicted molar refractivity (Wildman–Crippen MR) is 58.3 cm³/mol. The van der Waals surface area contributed by atoms with Crippen LogP contribution in [0.4, 0.5) is 0 Å². The first-order valence-electron chi connectivity index (χ1n) is 4.47. The predicted octanol–water partition coefficient (Wildman–Crippen LogP) is 1.74. The summed E-state index contributed by atoms with van der Waals surface area (Å²) in [6, 6.07) is 7.18. The molecule has 0 aliphatic rings. The fourth-order valence-corrected chi connectivity index (χ4v) is 1.45. The van der Waals surface area contributed by atoms with E-state index in [4.69, 9.17) is 16.3 Å². The molecule has 0 atom stereocenters. The van der Waals surface area contributed by atoms with Crippen molar-refractivity contribution in [3.05, 3.63) is 35.1 Å². The van der Waals surface area contributed by atoms with Gasteiger partial charge in [0.25, 0.3) is 0 Å². The molecule has 0 fully saturated rings. The molecule has 0 radical (unpaired) electrons. The number of hydrogen-bond acceptors (Lipinski definition) is 4. The summed E-state index contributed by atoms with van der Waals surface area (Å²) >= 11 is 5.78. The zero-order valence-corrected chi connectivity index (χ0v) is 9.18. The molecule has 0 saturated heterocycles. The van der Waals surface area contributed by atoms with Crippen LogP contribution in [0.25, 0.3) is 5.69 Å². The molecule has 0 aliphatic carbocycles. The molecular weight excluding hydrogens is 230 g/mol. The van der Waals surface area contributed by atoms with Gasteiger partial charge in [-0.25, -0.2) is 4.57 Å². The standard InChI is InChI=1S/C10H8ClN3O2/c1-16-10-13-12-9(6-15)14(10)8-4-2-7(11)3-5-8/h2-6H,1H3. The van der Waals surface area contributed by atoms with Gasteiger partial charge in [-0.05, 0) is 24.3 Å². The van der Waals surface area contributed by atoms with Gasteiger partial charge in [0.1, 0.15) is 0 Å². The third-order valence-corrected chi connectivity index (χ3v) is 2.28. The second-order valence-electron chi connectivity index (χ2n) is 2.97. The number of carbonyl (C=O) groups excluding carboxylic acids is 1. The average Bonchev–Trinajstić information content (AvgIpc) is 2.73. The SMILES string of the molecule is COc1nnc(C=O)n1-c1ccc(Cl)cc1. The highest BCUT2D eigenvalue weighted by Crippen LogP contribution is 2.19. The van der Waals surface area contributed by atoms with Crippen LogP contribution in [-0.4, -0.2) is 28.2 Å². The normalized spacial score (nSPS) is 10.1. The van der Waals surface area contributed by atoms with Gasteiger partial charge in [-0.3, -0.25) is 4.79 Å². The van der Waals surface area contributed by atoms with E-state index in [0.29, 0.717) is 17.0 Å². The molecule has 1 aromatic heterocycles. The van der Waals surface area contributed by atoms with Crippen molar-refractivity contribution in [2.45, 2.75) is 0 Å². The zero-order chi connectivity index (χ0) is 11.5. The smallest absolute Gasteiger partial charge is 0.321 e. The number of rotatable bonds is 3. The van der Waals surface area contributed by atoms with Crippen molar-refractivity contribution in [2.24, 2.45) is 0 Å². The Morgan fingerprint density at radius 3 is 2.56 bits per heavy atom. The molecule has 2 rings (SSSR count). The minimum Gasteiger partial charge on any atom is -0.467 e. The van der Waals surface area contributed by atoms with Gasteiger partial charge in [0.2, 0.25) is 5.82 Å². The first kappa shape index (κ1) is 10.6. The molecule has 1 aromatic carbocycles. The lowest BCUT2D eigenvalue weighted by molar-refractivity contribution is 0.111. The van der Waals surface area contributed by atoms with Gasteiger partial charge in [0.15, 0.2) is 6.29 Å². The number of ether oxygens (including phenoxy) is 1. The largest absolute Gasteiger partial charge is 0.467 e. The van der Waals surface area contributed by atoms with E-state index in [2.05, 4.69) is 10.2 Å². The van der Waals surface area contributed by atoms with Crippen molar-refractivity contribution in [1.82, 2.24) is 14.8 Å². The Bertz CT molecular complexity index is 507. The van der Waals surface area contributed by atoms with Crippen molar-refractivity contribution in [1.29, 1.82) is 0 Å². The molecule has 82 valence electrons. The van der Waals surface area contributed by atoms with E-state index >= 15 is 0 Å². The third-order valence-electron chi connectivity index (χ3n) is 2.03. The van der Waals surface area contributed by atoms with Crippen LogP contribution in [0.15, 0.2) is 24.3 Å². The van der Waals surface area contributed by atoms with Crippen molar-refractivity contribution in [3.8, 4) is 11.7 Å². The van der Waals surface area contributed by atoms with Crippen LogP contribution in [-0.2, 0) is 0 Å². The molecule has 5 nitrogen and oxygen atoms in total. The van der Waals surface area contributed by atoms with E-state index in [9.17, 15) is 4.79 Å². The highest BCUT2D eigenvalue weighted by molar-refractivity contribution is 6.30. The Hall–Kier alpha value is -1.88. The lowest BCUT2D eigenvalue weighted by Gasteiger charge is -2.06. The maximum Gasteiger partial charge on any atom is 0.321 e. The quantitative estimate of drug-likeness (QED) is 0.763. The maximum atomic E-state index is 10.8. The van der Waals surface area contributed by atoms with E-state index in [1.54, 1.807) is 24.3 Å². The Labute approximate surface area is 96.6 Å². The monoisotopic (exact) mass is 237 g/mol. The summed E-state index contributed by atoms with van der Waals surface area (Å²) in [5.74, 6) is 0.180. The Morgan fingerprint density at radius 1 is 1.31 bits per heavy atom. The Balaban J connectivity index is 2.57. The lowest BCUT2D eigenvalue weighted by Crippen LogP contribution is -2.02. The lowest BCUT2D eigenvalue weighted by atomic mass is 10.3. The van der Waals surface area contributed by atoms with Gasteiger partial charge in [0.05, 0.1) is 12.8 Å². The summed E-state index contributed by atoms with van der Waals surface area (Å²) in [6.07, 6.45) is 0.615. The topological polar surface area (TPSA) is 57.0 Å². The van der Waals surface area contributed by atoms with Crippen molar-refractivity contribution in [3.63, 3.8) is 0 Å². The van der Waals surface area contributed by atoms with E-state index in [1.807, 2.05) is 0 Å². The number of nitrogens with zero attached hydrogens (tertiary/aromatic N) is 3. The molecule has 0 saturated carbocycles. The maximum absolute atomic E-state index is 10.8. The molecule has 0 spiro atoms. The van der Waals surface area contributed by atoms with Crippen molar-refractivity contribution in [2.75, 3.05) is 7.11 Å². The highest BCUT2D eigenvalue weighted by Gasteiger charge is 2.13. The van der Waals surface area contributed by atoms with Crippen molar-refractivity contribution < 1.29 is 9.53 Å². The first-order valence-corrected chi connectivity index (χ1v) is 4.84. The zero-order valence-electron chi connectivity index (χ0n) is 8.42.